The van der Waals surface area contributed by atoms with Crippen LogP contribution in [0, 0.1) is 5.41 Å². The van der Waals surface area contributed by atoms with Gasteiger partial charge in [-0.3, -0.25) is 0 Å². The van der Waals surface area contributed by atoms with Crippen molar-refractivity contribution in [2.45, 2.75) is 58.8 Å². The summed E-state index contributed by atoms with van der Waals surface area (Å²) in [5, 5.41) is 1.13. The first-order chi connectivity index (χ1) is 10.1. The number of furan rings is 1. The molecule has 21 heavy (non-hydrogen) atoms. The summed E-state index contributed by atoms with van der Waals surface area (Å²) in [5.74, 6) is 0.854. The van der Waals surface area contributed by atoms with E-state index in [0.29, 0.717) is 24.7 Å². The molecule has 2 N–H and O–H groups in total. The Balaban J connectivity index is 1.71. The molecule has 1 heterocycles. The zero-order valence-corrected chi connectivity index (χ0v) is 13.0. The van der Waals surface area contributed by atoms with Gasteiger partial charge in [0, 0.05) is 10.9 Å². The topological polar surface area (TPSA) is 48.4 Å². The number of benzene rings is 1. The predicted molar refractivity (Wildman–Crippen MR) is 84.9 cm³/mol. The summed E-state index contributed by atoms with van der Waals surface area (Å²) < 4.78 is 12.0. The minimum atomic E-state index is 0.373. The van der Waals surface area contributed by atoms with Gasteiger partial charge in [-0.15, -0.1) is 0 Å². The van der Waals surface area contributed by atoms with Gasteiger partial charge in [-0.2, -0.15) is 0 Å². The lowest BCUT2D eigenvalue weighted by Gasteiger charge is -2.34. The molecule has 1 fully saturated rings. The lowest BCUT2D eigenvalue weighted by atomic mass is 9.76. The van der Waals surface area contributed by atoms with E-state index in [1.165, 1.54) is 12.8 Å². The van der Waals surface area contributed by atoms with Crippen LogP contribution < -0.4 is 5.73 Å². The summed E-state index contributed by atoms with van der Waals surface area (Å²) >= 11 is 0. The maximum absolute atomic E-state index is 6.16. The van der Waals surface area contributed by atoms with Crippen molar-refractivity contribution in [3.8, 4) is 0 Å². The van der Waals surface area contributed by atoms with Gasteiger partial charge in [0.1, 0.15) is 11.3 Å². The van der Waals surface area contributed by atoms with E-state index in [4.69, 9.17) is 14.9 Å². The number of fused-ring (bicyclic) bond motifs is 1. The van der Waals surface area contributed by atoms with E-state index in [2.05, 4.69) is 19.9 Å². The van der Waals surface area contributed by atoms with Crippen molar-refractivity contribution in [3.63, 3.8) is 0 Å². The van der Waals surface area contributed by atoms with Crippen LogP contribution in [0.1, 0.15) is 50.9 Å². The highest BCUT2D eigenvalue weighted by molar-refractivity contribution is 5.82. The van der Waals surface area contributed by atoms with Gasteiger partial charge >= 0.3 is 0 Å². The fourth-order valence-corrected chi connectivity index (χ4v) is 3.21. The minimum absolute atomic E-state index is 0.373. The Hall–Kier alpha value is -1.32. The van der Waals surface area contributed by atoms with Crippen LogP contribution in [0.5, 0.6) is 0 Å². The van der Waals surface area contributed by atoms with Gasteiger partial charge in [0.2, 0.25) is 0 Å². The van der Waals surface area contributed by atoms with Crippen molar-refractivity contribution in [1.29, 1.82) is 0 Å². The molecule has 1 aliphatic carbocycles. The van der Waals surface area contributed by atoms with Crippen LogP contribution in [0.3, 0.4) is 0 Å². The van der Waals surface area contributed by atoms with Gasteiger partial charge in [0.15, 0.2) is 0 Å². The number of para-hydroxylation sites is 1. The van der Waals surface area contributed by atoms with E-state index in [9.17, 15) is 0 Å². The average molecular weight is 287 g/mol. The van der Waals surface area contributed by atoms with E-state index in [-0.39, 0.29) is 0 Å². The van der Waals surface area contributed by atoms with Crippen molar-refractivity contribution in [3.05, 3.63) is 35.6 Å². The third-order valence-corrected chi connectivity index (χ3v) is 4.72. The summed E-state index contributed by atoms with van der Waals surface area (Å²) in [6, 6.07) is 8.09. The van der Waals surface area contributed by atoms with Crippen LogP contribution >= 0.6 is 0 Å². The van der Waals surface area contributed by atoms with Crippen molar-refractivity contribution in [2.75, 3.05) is 0 Å². The zero-order valence-electron chi connectivity index (χ0n) is 13.0. The second-order valence-electron chi connectivity index (χ2n) is 6.88. The van der Waals surface area contributed by atoms with Gasteiger partial charge in [-0.05, 0) is 37.2 Å². The van der Waals surface area contributed by atoms with Gasteiger partial charge in [-0.1, -0.05) is 32.0 Å². The molecule has 0 atom stereocenters. The van der Waals surface area contributed by atoms with Crippen LogP contribution in [0.15, 0.2) is 28.7 Å². The predicted octanol–water partition coefficient (Wildman–Crippen LogP) is 4.38. The van der Waals surface area contributed by atoms with E-state index in [0.717, 1.165) is 35.1 Å². The van der Waals surface area contributed by atoms with Crippen molar-refractivity contribution < 1.29 is 9.15 Å². The highest BCUT2D eigenvalue weighted by Gasteiger charge is 2.27. The molecule has 1 aromatic heterocycles. The molecule has 114 valence electrons. The quantitative estimate of drug-likeness (QED) is 0.908. The number of hydrogen-bond acceptors (Lipinski definition) is 3. The molecule has 3 nitrogen and oxygen atoms in total. The Kier molecular flexibility index (Phi) is 4.05. The molecule has 0 aliphatic heterocycles. The van der Waals surface area contributed by atoms with E-state index < -0.39 is 0 Å². The molecule has 0 unspecified atom stereocenters. The van der Waals surface area contributed by atoms with E-state index >= 15 is 0 Å². The van der Waals surface area contributed by atoms with Crippen LogP contribution in [-0.4, -0.2) is 6.10 Å². The summed E-state index contributed by atoms with van der Waals surface area (Å²) in [7, 11) is 0. The molecular weight excluding hydrogens is 262 g/mol. The van der Waals surface area contributed by atoms with Gasteiger partial charge < -0.3 is 14.9 Å². The van der Waals surface area contributed by atoms with Gasteiger partial charge in [-0.25, -0.2) is 0 Å². The molecule has 3 rings (SSSR count). The third-order valence-electron chi connectivity index (χ3n) is 4.72. The third kappa shape index (κ3) is 3.14. The second kappa shape index (κ2) is 5.82. The molecular formula is C18H25NO2. The molecule has 2 aromatic rings. The van der Waals surface area contributed by atoms with Crippen LogP contribution in [-0.2, 0) is 17.9 Å². The Labute approximate surface area is 126 Å². The number of nitrogens with two attached hydrogens (primary N) is 1. The fourth-order valence-electron chi connectivity index (χ4n) is 3.21. The second-order valence-corrected chi connectivity index (χ2v) is 6.88. The van der Waals surface area contributed by atoms with Crippen LogP contribution in [0.4, 0.5) is 0 Å². The van der Waals surface area contributed by atoms with Crippen molar-refractivity contribution >= 4 is 11.0 Å². The first kappa shape index (κ1) is 14.6. The molecule has 1 aromatic carbocycles. The molecule has 1 saturated carbocycles. The molecule has 0 bridgehead atoms. The first-order valence-corrected chi connectivity index (χ1v) is 7.90. The molecule has 3 heteroatoms. The lowest BCUT2D eigenvalue weighted by Crippen LogP contribution is -2.26. The molecule has 0 saturated heterocycles. The standard InChI is InChI=1S/C18H25NO2/c1-18(2)9-7-13(8-10-18)20-12-15-14-5-3-4-6-16(14)21-17(15)11-19/h3-6,13H,7-12,19H2,1-2H3. The highest BCUT2D eigenvalue weighted by Crippen LogP contribution is 2.37. The van der Waals surface area contributed by atoms with Crippen molar-refractivity contribution in [2.24, 2.45) is 11.1 Å². The number of hydrogen-bond donors (Lipinski definition) is 1. The Morgan fingerprint density at radius 3 is 2.67 bits per heavy atom. The Morgan fingerprint density at radius 1 is 1.24 bits per heavy atom. The largest absolute Gasteiger partial charge is 0.459 e. The minimum Gasteiger partial charge on any atom is -0.459 e. The monoisotopic (exact) mass is 287 g/mol. The van der Waals surface area contributed by atoms with E-state index in [1.54, 1.807) is 0 Å². The SMILES string of the molecule is CC1(C)CCC(OCc2c(CN)oc3ccccc23)CC1. The van der Waals surface area contributed by atoms with Gasteiger partial charge in [0.05, 0.1) is 19.3 Å². The summed E-state index contributed by atoms with van der Waals surface area (Å²) in [4.78, 5) is 0. The summed E-state index contributed by atoms with van der Waals surface area (Å²) in [5.41, 5.74) is 8.31. The van der Waals surface area contributed by atoms with Crippen molar-refractivity contribution in [1.82, 2.24) is 0 Å². The maximum Gasteiger partial charge on any atom is 0.134 e. The lowest BCUT2D eigenvalue weighted by molar-refractivity contribution is -0.00569. The maximum atomic E-state index is 6.16. The highest BCUT2D eigenvalue weighted by atomic mass is 16.5. The Morgan fingerprint density at radius 2 is 1.95 bits per heavy atom. The number of ether oxygens (including phenoxy) is 1. The van der Waals surface area contributed by atoms with Gasteiger partial charge in [0.25, 0.3) is 0 Å². The fraction of sp³-hybridized carbons (Fsp3) is 0.556. The first-order valence-electron chi connectivity index (χ1n) is 7.90. The molecule has 0 radical (unpaired) electrons. The Bertz CT molecular complexity index is 605. The average Bonchev–Trinajstić information content (AvgIpc) is 2.84. The molecule has 1 aliphatic rings. The summed E-state index contributed by atoms with van der Waals surface area (Å²) in [6.07, 6.45) is 5.17. The normalized spacial score (nSPS) is 19.2. The van der Waals surface area contributed by atoms with Crippen LogP contribution in [0.2, 0.25) is 0 Å². The molecule has 0 amide bonds. The summed E-state index contributed by atoms with van der Waals surface area (Å²) in [6.45, 7) is 5.72. The molecule has 0 spiro atoms. The smallest absolute Gasteiger partial charge is 0.134 e. The van der Waals surface area contributed by atoms with Crippen LogP contribution in [0.25, 0.3) is 11.0 Å². The zero-order chi connectivity index (χ0) is 14.9. The van der Waals surface area contributed by atoms with E-state index in [1.807, 2.05) is 18.2 Å². The number of rotatable bonds is 4.